The Morgan fingerprint density at radius 2 is 2.04 bits per heavy atom. The lowest BCUT2D eigenvalue weighted by Gasteiger charge is -2.34. The monoisotopic (exact) mass is 384 g/mol. The van der Waals surface area contributed by atoms with Gasteiger partial charge in [0.2, 0.25) is 0 Å². The van der Waals surface area contributed by atoms with E-state index in [9.17, 15) is 9.18 Å². The highest BCUT2D eigenvalue weighted by molar-refractivity contribution is 5.94. The first-order valence-corrected chi connectivity index (χ1v) is 9.95. The fourth-order valence-electron chi connectivity index (χ4n) is 3.91. The zero-order valence-corrected chi connectivity index (χ0v) is 17.0. The summed E-state index contributed by atoms with van der Waals surface area (Å²) in [6.45, 7) is 7.45. The number of carbonyl (C=O) groups excluding carboxylic acids is 1. The van der Waals surface area contributed by atoms with Crippen molar-refractivity contribution >= 4 is 5.91 Å². The molecule has 0 spiro atoms. The number of aromatic nitrogens is 2. The number of likely N-dealkylation sites (tertiary alicyclic amines) is 1. The Hall–Kier alpha value is -2.34. The summed E-state index contributed by atoms with van der Waals surface area (Å²) in [7, 11) is 1.86. The Morgan fingerprint density at radius 3 is 2.75 bits per heavy atom. The number of carbonyl (C=O) groups is 1. The third-order valence-corrected chi connectivity index (χ3v) is 5.44. The molecule has 2 heterocycles. The van der Waals surface area contributed by atoms with Crippen molar-refractivity contribution in [3.8, 4) is 0 Å². The molecule has 1 aliphatic heterocycles. The fraction of sp³-hybridized carbons (Fsp3) is 0.500. The average molecular weight is 384 g/mol. The molecule has 150 valence electrons. The van der Waals surface area contributed by atoms with Gasteiger partial charge in [-0.1, -0.05) is 12.1 Å². The molecule has 1 aromatic carbocycles. The molecule has 1 atom stereocenters. The van der Waals surface area contributed by atoms with Crippen molar-refractivity contribution in [2.24, 2.45) is 5.92 Å². The molecule has 0 N–H and O–H groups in total. The molecular formula is C22H29FN4O. The lowest BCUT2D eigenvalue weighted by Crippen LogP contribution is -2.42. The summed E-state index contributed by atoms with van der Waals surface area (Å²) in [4.78, 5) is 25.5. The maximum absolute atomic E-state index is 13.0. The van der Waals surface area contributed by atoms with Crippen LogP contribution >= 0.6 is 0 Å². The number of aryl methyl sites for hydroxylation is 2. The highest BCUT2D eigenvalue weighted by atomic mass is 19.1. The van der Waals surface area contributed by atoms with Crippen molar-refractivity contribution in [2.45, 2.75) is 33.1 Å². The minimum Gasteiger partial charge on any atom is -0.341 e. The van der Waals surface area contributed by atoms with Gasteiger partial charge in [0.15, 0.2) is 0 Å². The summed E-state index contributed by atoms with van der Waals surface area (Å²) < 4.78 is 13.0. The van der Waals surface area contributed by atoms with Crippen molar-refractivity contribution in [2.75, 3.05) is 33.2 Å². The van der Waals surface area contributed by atoms with Gasteiger partial charge in [0.1, 0.15) is 11.6 Å². The molecule has 3 rings (SSSR count). The first kappa shape index (κ1) is 20.4. The van der Waals surface area contributed by atoms with Crippen LogP contribution in [-0.4, -0.2) is 58.9 Å². The van der Waals surface area contributed by atoms with Gasteiger partial charge in [-0.05, 0) is 63.3 Å². The minimum atomic E-state index is -0.191. The molecule has 0 bridgehead atoms. The summed E-state index contributed by atoms with van der Waals surface area (Å²) >= 11 is 0. The van der Waals surface area contributed by atoms with Gasteiger partial charge < -0.3 is 9.80 Å². The van der Waals surface area contributed by atoms with Crippen LogP contribution in [0.15, 0.2) is 30.5 Å². The molecule has 1 aromatic heterocycles. The van der Waals surface area contributed by atoms with Crippen LogP contribution in [0.1, 0.15) is 40.3 Å². The van der Waals surface area contributed by atoms with Crippen LogP contribution in [0.2, 0.25) is 0 Å². The average Bonchev–Trinajstić information content (AvgIpc) is 2.67. The van der Waals surface area contributed by atoms with E-state index in [1.807, 2.05) is 33.0 Å². The van der Waals surface area contributed by atoms with Crippen molar-refractivity contribution < 1.29 is 9.18 Å². The lowest BCUT2D eigenvalue weighted by atomic mass is 9.96. The van der Waals surface area contributed by atoms with Gasteiger partial charge in [-0.25, -0.2) is 14.4 Å². The van der Waals surface area contributed by atoms with Gasteiger partial charge in [-0.3, -0.25) is 4.79 Å². The van der Waals surface area contributed by atoms with E-state index in [0.717, 1.165) is 56.7 Å². The Balaban J connectivity index is 1.52. The Kier molecular flexibility index (Phi) is 6.73. The van der Waals surface area contributed by atoms with Gasteiger partial charge in [0, 0.05) is 32.9 Å². The Morgan fingerprint density at radius 1 is 1.29 bits per heavy atom. The zero-order valence-electron chi connectivity index (χ0n) is 17.0. The molecule has 2 aromatic rings. The zero-order chi connectivity index (χ0) is 20.1. The number of benzene rings is 1. The van der Waals surface area contributed by atoms with E-state index in [1.54, 1.807) is 11.1 Å². The summed E-state index contributed by atoms with van der Waals surface area (Å²) in [6, 6.07) is 6.75. The maximum Gasteiger partial charge on any atom is 0.257 e. The second-order valence-corrected chi connectivity index (χ2v) is 7.79. The molecular weight excluding hydrogens is 355 g/mol. The van der Waals surface area contributed by atoms with Gasteiger partial charge in [0.25, 0.3) is 5.91 Å². The quantitative estimate of drug-likeness (QED) is 0.767. The van der Waals surface area contributed by atoms with Crippen LogP contribution < -0.4 is 0 Å². The van der Waals surface area contributed by atoms with E-state index in [-0.39, 0.29) is 11.7 Å². The van der Waals surface area contributed by atoms with E-state index >= 15 is 0 Å². The Labute approximate surface area is 166 Å². The maximum atomic E-state index is 13.0. The number of nitrogens with zero attached hydrogens (tertiary/aromatic N) is 4. The highest BCUT2D eigenvalue weighted by Gasteiger charge is 2.24. The van der Waals surface area contributed by atoms with Gasteiger partial charge in [-0.15, -0.1) is 0 Å². The second kappa shape index (κ2) is 9.24. The standard InChI is InChI=1S/C22H29FN4O/c1-16-21(13-24-17(2)25-16)22(28)26(3)14-19-5-4-11-27(15-19)12-10-18-6-8-20(23)9-7-18/h6-9,13,19H,4-5,10-12,14-15H2,1-3H3. The number of amides is 1. The van der Waals surface area contributed by atoms with Crippen LogP contribution in [0.4, 0.5) is 4.39 Å². The molecule has 6 heteroatoms. The van der Waals surface area contributed by atoms with E-state index in [1.165, 1.54) is 12.1 Å². The molecule has 1 fully saturated rings. The predicted molar refractivity (Wildman–Crippen MR) is 108 cm³/mol. The largest absolute Gasteiger partial charge is 0.341 e. The number of halogens is 1. The second-order valence-electron chi connectivity index (χ2n) is 7.79. The Bertz CT molecular complexity index is 809. The van der Waals surface area contributed by atoms with Crippen molar-refractivity contribution in [1.82, 2.24) is 19.8 Å². The lowest BCUT2D eigenvalue weighted by molar-refractivity contribution is 0.0728. The summed E-state index contributed by atoms with van der Waals surface area (Å²) in [5.41, 5.74) is 2.47. The molecule has 1 aliphatic rings. The van der Waals surface area contributed by atoms with Crippen LogP contribution in [0, 0.1) is 25.6 Å². The minimum absolute atomic E-state index is 0.0130. The van der Waals surface area contributed by atoms with Gasteiger partial charge in [0.05, 0.1) is 11.3 Å². The molecule has 1 saturated heterocycles. The summed E-state index contributed by atoms with van der Waals surface area (Å²) in [5.74, 6) is 0.938. The molecule has 28 heavy (non-hydrogen) atoms. The third kappa shape index (κ3) is 5.35. The van der Waals surface area contributed by atoms with Crippen molar-refractivity contribution in [3.05, 3.63) is 58.9 Å². The number of rotatable bonds is 6. The van der Waals surface area contributed by atoms with E-state index in [2.05, 4.69) is 14.9 Å². The number of hydrogen-bond donors (Lipinski definition) is 0. The molecule has 0 aliphatic carbocycles. The molecule has 0 saturated carbocycles. The van der Waals surface area contributed by atoms with E-state index in [4.69, 9.17) is 0 Å². The van der Waals surface area contributed by atoms with E-state index < -0.39 is 0 Å². The van der Waals surface area contributed by atoms with Crippen LogP contribution in [0.5, 0.6) is 0 Å². The highest BCUT2D eigenvalue weighted by Crippen LogP contribution is 2.19. The molecule has 0 radical (unpaired) electrons. The summed E-state index contributed by atoms with van der Waals surface area (Å²) in [6.07, 6.45) is 4.82. The SMILES string of the molecule is Cc1ncc(C(=O)N(C)CC2CCCN(CCc3ccc(F)cc3)C2)c(C)n1. The predicted octanol–water partition coefficient (Wildman–Crippen LogP) is 3.26. The van der Waals surface area contributed by atoms with Gasteiger partial charge in [-0.2, -0.15) is 0 Å². The molecule has 5 nitrogen and oxygen atoms in total. The van der Waals surface area contributed by atoms with Crippen LogP contribution in [0.25, 0.3) is 0 Å². The number of hydrogen-bond acceptors (Lipinski definition) is 4. The topological polar surface area (TPSA) is 49.3 Å². The smallest absolute Gasteiger partial charge is 0.257 e. The first-order chi connectivity index (χ1) is 13.4. The van der Waals surface area contributed by atoms with Crippen molar-refractivity contribution in [3.63, 3.8) is 0 Å². The first-order valence-electron chi connectivity index (χ1n) is 9.95. The summed E-state index contributed by atoms with van der Waals surface area (Å²) in [5, 5.41) is 0. The molecule has 1 amide bonds. The van der Waals surface area contributed by atoms with Crippen LogP contribution in [0.3, 0.4) is 0 Å². The van der Waals surface area contributed by atoms with E-state index in [0.29, 0.717) is 17.3 Å². The van der Waals surface area contributed by atoms with Crippen LogP contribution in [-0.2, 0) is 6.42 Å². The number of piperidine rings is 1. The normalized spacial score (nSPS) is 17.5. The van der Waals surface area contributed by atoms with Crippen molar-refractivity contribution in [1.29, 1.82) is 0 Å². The molecule has 1 unspecified atom stereocenters. The van der Waals surface area contributed by atoms with Gasteiger partial charge >= 0.3 is 0 Å². The third-order valence-electron chi connectivity index (χ3n) is 5.44. The fourth-order valence-corrected chi connectivity index (χ4v) is 3.91.